The van der Waals surface area contributed by atoms with Gasteiger partial charge in [0, 0.05) is 61.5 Å². The molecule has 146 valence electrons. The van der Waals surface area contributed by atoms with Crippen LogP contribution in [0.2, 0.25) is 0 Å². The Morgan fingerprint density at radius 3 is 2.69 bits per heavy atom. The van der Waals surface area contributed by atoms with Gasteiger partial charge in [0.1, 0.15) is 5.82 Å². The number of carbonyl (C=O) groups is 1. The minimum atomic E-state index is -0.476. The van der Waals surface area contributed by atoms with Crippen LogP contribution in [0, 0.1) is 5.92 Å². The Morgan fingerprint density at radius 1 is 1.07 bits per heavy atom. The van der Waals surface area contributed by atoms with Crippen LogP contribution in [0.15, 0.2) is 59.8 Å². The molecule has 2 N–H and O–H groups in total. The van der Waals surface area contributed by atoms with Gasteiger partial charge in [0.05, 0.1) is 5.56 Å². The number of carbonyl (C=O) groups excluding carboxylic acids is 1. The standard InChI is InChI=1S/C22H21N5O2/c23-22(29)16-3-4-20(25-10-16)26-11-14-6-18(13-26)19-7-17(8-21(28)27(19)12-14)15-2-1-5-24-9-15/h1-5,7-10,14,18H,6,11-13H2,(H2,23,29)/t14-,18+/m0/s1. The van der Waals surface area contributed by atoms with E-state index in [0.29, 0.717) is 18.0 Å². The van der Waals surface area contributed by atoms with E-state index in [-0.39, 0.29) is 11.5 Å². The van der Waals surface area contributed by atoms with Crippen molar-refractivity contribution < 1.29 is 4.79 Å². The van der Waals surface area contributed by atoms with E-state index in [2.05, 4.69) is 20.9 Å². The summed E-state index contributed by atoms with van der Waals surface area (Å²) < 4.78 is 1.93. The predicted octanol–water partition coefficient (Wildman–Crippen LogP) is 2.03. The number of rotatable bonds is 3. The normalized spacial score (nSPS) is 20.2. The highest BCUT2D eigenvalue weighted by Crippen LogP contribution is 2.37. The lowest BCUT2D eigenvalue weighted by molar-refractivity contribution is 0.1000. The van der Waals surface area contributed by atoms with Crippen molar-refractivity contribution in [1.82, 2.24) is 14.5 Å². The Morgan fingerprint density at radius 2 is 1.97 bits per heavy atom. The van der Waals surface area contributed by atoms with Crippen molar-refractivity contribution in [3.05, 3.63) is 76.6 Å². The number of primary amides is 1. The third kappa shape index (κ3) is 3.18. The maximum atomic E-state index is 12.8. The molecule has 1 fully saturated rings. The van der Waals surface area contributed by atoms with Crippen molar-refractivity contribution in [1.29, 1.82) is 0 Å². The molecule has 3 aromatic rings. The van der Waals surface area contributed by atoms with Crippen molar-refractivity contribution in [2.45, 2.75) is 18.9 Å². The van der Waals surface area contributed by atoms with Crippen LogP contribution in [0.25, 0.3) is 11.1 Å². The molecule has 0 radical (unpaired) electrons. The molecule has 2 aliphatic rings. The van der Waals surface area contributed by atoms with Crippen LogP contribution in [0.5, 0.6) is 0 Å². The Bertz CT molecular complexity index is 1120. The average molecular weight is 387 g/mol. The minimum absolute atomic E-state index is 0.0495. The second-order valence-corrected chi connectivity index (χ2v) is 7.83. The Labute approximate surface area is 167 Å². The summed E-state index contributed by atoms with van der Waals surface area (Å²) in [5.74, 6) is 1.00. The number of amides is 1. The van der Waals surface area contributed by atoms with Crippen molar-refractivity contribution in [2.75, 3.05) is 18.0 Å². The zero-order valence-corrected chi connectivity index (χ0v) is 15.9. The maximum absolute atomic E-state index is 12.8. The van der Waals surface area contributed by atoms with Crippen LogP contribution in [0.1, 0.15) is 28.4 Å². The summed E-state index contributed by atoms with van der Waals surface area (Å²) in [5, 5.41) is 0. The second kappa shape index (κ2) is 6.84. The Balaban J connectivity index is 1.48. The first-order chi connectivity index (χ1) is 14.1. The molecule has 0 unspecified atom stereocenters. The molecular formula is C22H21N5O2. The third-order valence-electron chi connectivity index (χ3n) is 5.91. The average Bonchev–Trinajstić information content (AvgIpc) is 2.75. The summed E-state index contributed by atoms with van der Waals surface area (Å²) in [4.78, 5) is 35.0. The predicted molar refractivity (Wildman–Crippen MR) is 110 cm³/mol. The highest BCUT2D eigenvalue weighted by molar-refractivity contribution is 5.92. The van der Waals surface area contributed by atoms with Gasteiger partial charge in [0.15, 0.2) is 0 Å². The first-order valence-corrected chi connectivity index (χ1v) is 9.74. The van der Waals surface area contributed by atoms with Gasteiger partial charge in [-0.15, -0.1) is 0 Å². The zero-order valence-electron chi connectivity index (χ0n) is 15.9. The lowest BCUT2D eigenvalue weighted by Gasteiger charge is -2.43. The molecular weight excluding hydrogens is 366 g/mol. The summed E-state index contributed by atoms with van der Waals surface area (Å²) in [6.45, 7) is 2.35. The fraction of sp³-hybridized carbons (Fsp3) is 0.273. The summed E-state index contributed by atoms with van der Waals surface area (Å²) in [5.41, 5.74) is 8.71. The van der Waals surface area contributed by atoms with Crippen LogP contribution in [0.3, 0.4) is 0 Å². The number of hydrogen-bond acceptors (Lipinski definition) is 5. The first kappa shape index (κ1) is 17.6. The first-order valence-electron chi connectivity index (χ1n) is 9.74. The number of anilines is 1. The quantitative estimate of drug-likeness (QED) is 0.742. The number of pyridine rings is 3. The topological polar surface area (TPSA) is 94.1 Å². The molecule has 1 saturated heterocycles. The Hall–Kier alpha value is -3.48. The molecule has 0 aliphatic carbocycles. The number of nitrogens with zero attached hydrogens (tertiary/aromatic N) is 4. The van der Waals surface area contributed by atoms with E-state index >= 15 is 0 Å². The number of hydrogen-bond donors (Lipinski definition) is 1. The molecule has 7 heteroatoms. The van der Waals surface area contributed by atoms with E-state index in [9.17, 15) is 9.59 Å². The monoisotopic (exact) mass is 387 g/mol. The zero-order chi connectivity index (χ0) is 20.0. The lowest BCUT2D eigenvalue weighted by Crippen LogP contribution is -2.47. The lowest BCUT2D eigenvalue weighted by atomic mass is 9.82. The fourth-order valence-corrected chi connectivity index (χ4v) is 4.57. The summed E-state index contributed by atoms with van der Waals surface area (Å²) in [6, 6.07) is 11.3. The van der Waals surface area contributed by atoms with Crippen molar-refractivity contribution in [3.8, 4) is 11.1 Å². The van der Waals surface area contributed by atoms with E-state index in [0.717, 1.165) is 42.1 Å². The van der Waals surface area contributed by atoms with E-state index in [1.165, 1.54) is 6.20 Å². The highest BCUT2D eigenvalue weighted by Gasteiger charge is 2.35. The SMILES string of the molecule is NC(=O)c1ccc(N2C[C@@H]3C[C@H](C2)c2cc(-c4cccnc4)cc(=O)n2C3)nc1. The number of nitrogens with two attached hydrogens (primary N) is 1. The van der Waals surface area contributed by atoms with Gasteiger partial charge in [-0.3, -0.25) is 14.6 Å². The molecule has 0 saturated carbocycles. The van der Waals surface area contributed by atoms with Gasteiger partial charge in [0.2, 0.25) is 5.91 Å². The second-order valence-electron chi connectivity index (χ2n) is 7.83. The van der Waals surface area contributed by atoms with Crippen LogP contribution >= 0.6 is 0 Å². The van der Waals surface area contributed by atoms with Gasteiger partial charge in [-0.1, -0.05) is 6.07 Å². The summed E-state index contributed by atoms with van der Waals surface area (Å²) in [6.07, 6.45) is 6.11. The molecule has 0 spiro atoms. The van der Waals surface area contributed by atoms with Gasteiger partial charge in [-0.25, -0.2) is 4.98 Å². The van der Waals surface area contributed by atoms with Crippen molar-refractivity contribution in [2.24, 2.45) is 11.7 Å². The molecule has 0 aromatic carbocycles. The van der Waals surface area contributed by atoms with E-state index < -0.39 is 5.91 Å². The molecule has 3 aromatic heterocycles. The van der Waals surface area contributed by atoms with Crippen molar-refractivity contribution >= 4 is 11.7 Å². The van der Waals surface area contributed by atoms with Crippen LogP contribution in [0.4, 0.5) is 5.82 Å². The molecule has 5 heterocycles. The summed E-state index contributed by atoms with van der Waals surface area (Å²) >= 11 is 0. The van der Waals surface area contributed by atoms with Gasteiger partial charge in [-0.05, 0) is 42.2 Å². The molecule has 2 atom stereocenters. The van der Waals surface area contributed by atoms with Crippen LogP contribution in [-0.4, -0.2) is 33.5 Å². The highest BCUT2D eigenvalue weighted by atomic mass is 16.1. The minimum Gasteiger partial charge on any atom is -0.366 e. The van der Waals surface area contributed by atoms with E-state index in [1.54, 1.807) is 24.5 Å². The van der Waals surface area contributed by atoms with E-state index in [1.807, 2.05) is 22.8 Å². The largest absolute Gasteiger partial charge is 0.366 e. The maximum Gasteiger partial charge on any atom is 0.251 e. The molecule has 5 rings (SSSR count). The molecule has 1 amide bonds. The van der Waals surface area contributed by atoms with Crippen LogP contribution in [-0.2, 0) is 6.54 Å². The van der Waals surface area contributed by atoms with E-state index in [4.69, 9.17) is 5.73 Å². The van der Waals surface area contributed by atoms with Gasteiger partial charge in [-0.2, -0.15) is 0 Å². The molecule has 2 bridgehead atoms. The van der Waals surface area contributed by atoms with Gasteiger partial charge >= 0.3 is 0 Å². The van der Waals surface area contributed by atoms with Crippen LogP contribution < -0.4 is 16.2 Å². The smallest absolute Gasteiger partial charge is 0.251 e. The molecule has 2 aliphatic heterocycles. The molecule has 29 heavy (non-hydrogen) atoms. The van der Waals surface area contributed by atoms with Gasteiger partial charge < -0.3 is 15.2 Å². The fourth-order valence-electron chi connectivity index (χ4n) is 4.57. The summed E-state index contributed by atoms with van der Waals surface area (Å²) in [7, 11) is 0. The number of aromatic nitrogens is 3. The number of fused-ring (bicyclic) bond motifs is 4. The van der Waals surface area contributed by atoms with Gasteiger partial charge in [0.25, 0.3) is 5.56 Å². The third-order valence-corrected chi connectivity index (χ3v) is 5.91. The number of piperidine rings is 1. The van der Waals surface area contributed by atoms with Crippen molar-refractivity contribution in [3.63, 3.8) is 0 Å². The Kier molecular flexibility index (Phi) is 4.16. The molecule has 7 nitrogen and oxygen atoms in total.